The molecule has 19 heavy (non-hydrogen) atoms. The van der Waals surface area contributed by atoms with Gasteiger partial charge in [-0.05, 0) is 63.1 Å². The molecule has 104 valence electrons. The molecule has 0 saturated carbocycles. The summed E-state index contributed by atoms with van der Waals surface area (Å²) in [5.41, 5.74) is 3.39. The van der Waals surface area contributed by atoms with E-state index in [0.29, 0.717) is 19.3 Å². The van der Waals surface area contributed by atoms with Gasteiger partial charge in [0.05, 0.1) is 0 Å². The second-order valence-electron chi connectivity index (χ2n) is 5.22. The Hall–Kier alpha value is -1.48. The van der Waals surface area contributed by atoms with Gasteiger partial charge in [0.1, 0.15) is 0 Å². The highest BCUT2D eigenvalue weighted by atomic mass is 16.3. The third-order valence-corrected chi connectivity index (χ3v) is 3.81. The maximum absolute atomic E-state index is 9.42. The summed E-state index contributed by atoms with van der Waals surface area (Å²) < 4.78 is 0. The molecule has 0 amide bonds. The van der Waals surface area contributed by atoms with Crippen LogP contribution < -0.4 is 0 Å². The van der Waals surface area contributed by atoms with Crippen LogP contribution >= 0.6 is 0 Å². The molecule has 0 heterocycles. The van der Waals surface area contributed by atoms with E-state index in [4.69, 9.17) is 10.8 Å². The average molecular weight is 260 g/mol. The van der Waals surface area contributed by atoms with Crippen LogP contribution in [0.1, 0.15) is 42.4 Å². The summed E-state index contributed by atoms with van der Waals surface area (Å²) in [7, 11) is 0. The minimum Gasteiger partial charge on any atom is -0.396 e. The van der Waals surface area contributed by atoms with E-state index in [0.717, 1.165) is 6.42 Å². The highest BCUT2D eigenvalue weighted by Gasteiger charge is 2.31. The maximum Gasteiger partial charge on any atom is 0.0439 e. The van der Waals surface area contributed by atoms with E-state index in [2.05, 4.69) is 32.0 Å². The van der Waals surface area contributed by atoms with Crippen LogP contribution in [-0.2, 0) is 5.41 Å². The van der Waals surface area contributed by atoms with Gasteiger partial charge >= 0.3 is 0 Å². The number of aliphatic hydroxyl groups excluding tert-OH is 1. The van der Waals surface area contributed by atoms with Crippen LogP contribution in [0.4, 0.5) is 0 Å². The molecule has 0 aliphatic carbocycles. The first-order valence-electron chi connectivity index (χ1n) is 6.76. The Morgan fingerprint density at radius 3 is 2.47 bits per heavy atom. The summed E-state index contributed by atoms with van der Waals surface area (Å²) in [5.74, 6) is 0. The van der Waals surface area contributed by atoms with Crippen molar-refractivity contribution in [1.29, 1.82) is 10.8 Å². The van der Waals surface area contributed by atoms with Crippen molar-refractivity contribution in [1.82, 2.24) is 0 Å². The summed E-state index contributed by atoms with van der Waals surface area (Å²) in [4.78, 5) is 0. The summed E-state index contributed by atoms with van der Waals surface area (Å²) in [6, 6.07) is 6.35. The molecule has 0 aromatic heterocycles. The minimum atomic E-state index is -0.218. The number of hydrogen-bond acceptors (Lipinski definition) is 3. The Morgan fingerprint density at radius 2 is 1.89 bits per heavy atom. The predicted molar refractivity (Wildman–Crippen MR) is 80.7 cm³/mol. The molecule has 0 bridgehead atoms. The van der Waals surface area contributed by atoms with Crippen LogP contribution in [0, 0.1) is 24.7 Å². The number of rotatable bonds is 8. The highest BCUT2D eigenvalue weighted by molar-refractivity contribution is 5.59. The third-order valence-electron chi connectivity index (χ3n) is 3.81. The standard InChI is InChI=1S/C16H24N2O/c1-13-4-5-14(2)15(12-13)16(7-10-18,8-11-19)6-3-9-17/h4-5,9-10,12,17-19H,3,6-8,11H2,1-2H3. The molecule has 1 aromatic rings. The van der Waals surface area contributed by atoms with E-state index in [1.807, 2.05) is 0 Å². The van der Waals surface area contributed by atoms with E-state index >= 15 is 0 Å². The van der Waals surface area contributed by atoms with Gasteiger partial charge in [0.2, 0.25) is 0 Å². The molecule has 1 unspecified atom stereocenters. The van der Waals surface area contributed by atoms with Crippen molar-refractivity contribution in [2.24, 2.45) is 0 Å². The van der Waals surface area contributed by atoms with Crippen molar-refractivity contribution < 1.29 is 5.11 Å². The fourth-order valence-electron chi connectivity index (χ4n) is 2.77. The van der Waals surface area contributed by atoms with Crippen LogP contribution in [-0.4, -0.2) is 24.1 Å². The van der Waals surface area contributed by atoms with Crippen molar-refractivity contribution in [3.8, 4) is 0 Å². The van der Waals surface area contributed by atoms with Crippen LogP contribution in [0.5, 0.6) is 0 Å². The van der Waals surface area contributed by atoms with Gasteiger partial charge in [-0.1, -0.05) is 23.8 Å². The zero-order chi connectivity index (χ0) is 14.3. The number of aliphatic hydroxyl groups is 1. The lowest BCUT2D eigenvalue weighted by Crippen LogP contribution is -2.29. The summed E-state index contributed by atoms with van der Waals surface area (Å²) >= 11 is 0. The van der Waals surface area contributed by atoms with Gasteiger partial charge in [0.25, 0.3) is 0 Å². The van der Waals surface area contributed by atoms with Gasteiger partial charge in [0, 0.05) is 12.0 Å². The molecule has 0 radical (unpaired) electrons. The molecule has 3 heteroatoms. The summed E-state index contributed by atoms with van der Waals surface area (Å²) in [5, 5.41) is 24.2. The first-order chi connectivity index (χ1) is 9.09. The molecule has 1 aromatic carbocycles. The SMILES string of the molecule is Cc1ccc(C)c(C(CC=N)(CCO)CCC=N)c1. The van der Waals surface area contributed by atoms with Crippen molar-refractivity contribution >= 4 is 12.4 Å². The summed E-state index contributed by atoms with van der Waals surface area (Å²) in [6.07, 6.45) is 5.59. The van der Waals surface area contributed by atoms with Gasteiger partial charge < -0.3 is 15.9 Å². The van der Waals surface area contributed by atoms with Crippen molar-refractivity contribution in [2.45, 2.75) is 44.9 Å². The quantitative estimate of drug-likeness (QED) is 0.616. The number of hydrogen-bond donors (Lipinski definition) is 3. The van der Waals surface area contributed by atoms with E-state index in [9.17, 15) is 5.11 Å². The van der Waals surface area contributed by atoms with Gasteiger partial charge in [0.15, 0.2) is 0 Å². The number of nitrogens with one attached hydrogen (secondary N) is 2. The molecule has 0 aliphatic rings. The molecular weight excluding hydrogens is 236 g/mol. The Kier molecular flexibility index (Phi) is 5.90. The topological polar surface area (TPSA) is 67.9 Å². The van der Waals surface area contributed by atoms with Gasteiger partial charge in [-0.25, -0.2) is 0 Å². The molecule has 1 rings (SSSR count). The van der Waals surface area contributed by atoms with Crippen LogP contribution in [0.3, 0.4) is 0 Å². The lowest BCUT2D eigenvalue weighted by Gasteiger charge is -2.34. The predicted octanol–water partition coefficient (Wildman–Crippen LogP) is 3.39. The average Bonchev–Trinajstić information content (AvgIpc) is 2.39. The fourth-order valence-corrected chi connectivity index (χ4v) is 2.77. The number of aryl methyl sites for hydroxylation is 2. The molecule has 1 atom stereocenters. The van der Waals surface area contributed by atoms with E-state index < -0.39 is 0 Å². The minimum absolute atomic E-state index is 0.110. The highest BCUT2D eigenvalue weighted by Crippen LogP contribution is 2.38. The second kappa shape index (κ2) is 7.19. The third kappa shape index (κ3) is 3.74. The number of benzene rings is 1. The second-order valence-corrected chi connectivity index (χ2v) is 5.22. The van der Waals surface area contributed by atoms with Crippen molar-refractivity contribution in [3.63, 3.8) is 0 Å². The Morgan fingerprint density at radius 1 is 1.16 bits per heavy atom. The van der Waals surface area contributed by atoms with Gasteiger partial charge in [-0.3, -0.25) is 0 Å². The van der Waals surface area contributed by atoms with Crippen LogP contribution in [0.2, 0.25) is 0 Å². The first-order valence-corrected chi connectivity index (χ1v) is 6.76. The largest absolute Gasteiger partial charge is 0.396 e. The summed E-state index contributed by atoms with van der Waals surface area (Å²) in [6.45, 7) is 4.25. The zero-order valence-electron chi connectivity index (χ0n) is 11.9. The van der Waals surface area contributed by atoms with Gasteiger partial charge in [-0.15, -0.1) is 0 Å². The van der Waals surface area contributed by atoms with Crippen molar-refractivity contribution in [3.05, 3.63) is 34.9 Å². The van der Waals surface area contributed by atoms with Crippen LogP contribution in [0.25, 0.3) is 0 Å². The molecule has 0 aliphatic heterocycles. The molecule has 3 nitrogen and oxygen atoms in total. The Bertz CT molecular complexity index is 442. The molecule has 0 saturated heterocycles. The zero-order valence-corrected chi connectivity index (χ0v) is 11.9. The van der Waals surface area contributed by atoms with Crippen molar-refractivity contribution in [2.75, 3.05) is 6.61 Å². The van der Waals surface area contributed by atoms with E-state index in [1.54, 1.807) is 0 Å². The Labute approximate surface area is 115 Å². The van der Waals surface area contributed by atoms with Gasteiger partial charge in [-0.2, -0.15) is 0 Å². The fraction of sp³-hybridized carbons (Fsp3) is 0.500. The van der Waals surface area contributed by atoms with E-state index in [1.165, 1.54) is 29.1 Å². The molecule has 0 fully saturated rings. The lowest BCUT2D eigenvalue weighted by atomic mass is 9.70. The monoisotopic (exact) mass is 260 g/mol. The normalized spacial score (nSPS) is 13.8. The smallest absolute Gasteiger partial charge is 0.0439 e. The van der Waals surface area contributed by atoms with E-state index in [-0.39, 0.29) is 12.0 Å². The first kappa shape index (κ1) is 15.6. The lowest BCUT2D eigenvalue weighted by molar-refractivity contribution is 0.233. The molecule has 0 spiro atoms. The maximum atomic E-state index is 9.42. The molecule has 3 N–H and O–H groups in total. The Balaban J connectivity index is 3.28. The molecular formula is C16H24N2O. The van der Waals surface area contributed by atoms with Crippen LogP contribution in [0.15, 0.2) is 18.2 Å².